The van der Waals surface area contributed by atoms with E-state index in [-0.39, 0.29) is 0 Å². The minimum Gasteiger partial charge on any atom is -0.298 e. The number of piperazine rings is 1. The molecule has 2 fully saturated rings. The minimum atomic E-state index is 0.476. The Labute approximate surface area is 98.0 Å². The fourth-order valence-corrected chi connectivity index (χ4v) is 3.13. The van der Waals surface area contributed by atoms with Crippen LogP contribution >= 0.6 is 0 Å². The van der Waals surface area contributed by atoms with Gasteiger partial charge in [-0.05, 0) is 33.1 Å². The summed E-state index contributed by atoms with van der Waals surface area (Å²) in [4.78, 5) is 15.3. The zero-order valence-corrected chi connectivity index (χ0v) is 10.4. The highest BCUT2D eigenvalue weighted by molar-refractivity contribution is 4.96. The molecule has 0 aromatic heterocycles. The van der Waals surface area contributed by atoms with Crippen LogP contribution in [0.3, 0.4) is 0 Å². The second-order valence-corrected chi connectivity index (χ2v) is 5.38. The van der Waals surface area contributed by atoms with E-state index in [1.54, 1.807) is 0 Å². The molecule has 2 rings (SSSR count). The van der Waals surface area contributed by atoms with E-state index in [9.17, 15) is 4.91 Å². The Morgan fingerprint density at radius 1 is 1.25 bits per heavy atom. The summed E-state index contributed by atoms with van der Waals surface area (Å²) in [6.45, 7) is 8.53. The van der Waals surface area contributed by atoms with Gasteiger partial charge in [0.05, 0.1) is 6.54 Å². The van der Waals surface area contributed by atoms with E-state index in [0.29, 0.717) is 12.6 Å². The lowest BCUT2D eigenvalue weighted by Gasteiger charge is -2.42. The van der Waals surface area contributed by atoms with Crippen molar-refractivity contribution in [2.24, 2.45) is 5.18 Å². The molecule has 0 saturated carbocycles. The lowest BCUT2D eigenvalue weighted by molar-refractivity contribution is 0.0493. The molecule has 0 aliphatic carbocycles. The van der Waals surface area contributed by atoms with Crippen molar-refractivity contribution in [3.05, 3.63) is 4.91 Å². The van der Waals surface area contributed by atoms with Crippen LogP contribution in [-0.2, 0) is 0 Å². The Balaban J connectivity index is 1.87. The van der Waals surface area contributed by atoms with Crippen molar-refractivity contribution in [2.45, 2.75) is 51.2 Å². The van der Waals surface area contributed by atoms with Gasteiger partial charge in [0.15, 0.2) is 0 Å². The number of hydrogen-bond donors (Lipinski definition) is 0. The van der Waals surface area contributed by atoms with Crippen molar-refractivity contribution < 1.29 is 0 Å². The highest BCUT2D eigenvalue weighted by Gasteiger charge is 2.39. The van der Waals surface area contributed by atoms with Gasteiger partial charge in [-0.2, -0.15) is 4.91 Å². The van der Waals surface area contributed by atoms with E-state index in [2.05, 4.69) is 28.8 Å². The minimum absolute atomic E-state index is 0.476. The molecule has 0 amide bonds. The third-order valence-corrected chi connectivity index (χ3v) is 4.06. The van der Waals surface area contributed by atoms with Gasteiger partial charge in [-0.25, -0.2) is 0 Å². The summed E-state index contributed by atoms with van der Waals surface area (Å²) < 4.78 is 0. The van der Waals surface area contributed by atoms with Gasteiger partial charge in [-0.15, -0.1) is 0 Å². The molecule has 4 heteroatoms. The van der Waals surface area contributed by atoms with E-state index in [4.69, 9.17) is 0 Å². The van der Waals surface area contributed by atoms with Crippen LogP contribution in [0.15, 0.2) is 5.18 Å². The molecular formula is C12H23N3O. The van der Waals surface area contributed by atoms with Crippen molar-refractivity contribution in [3.8, 4) is 0 Å². The fourth-order valence-electron chi connectivity index (χ4n) is 3.13. The number of fused-ring (bicyclic) bond motifs is 2. The molecule has 0 N–H and O–H groups in total. The van der Waals surface area contributed by atoms with Gasteiger partial charge in [-0.1, -0.05) is 5.18 Å². The Hall–Kier alpha value is -0.480. The first kappa shape index (κ1) is 12.0. The molecule has 16 heavy (non-hydrogen) atoms. The number of likely N-dealkylation sites (tertiary alicyclic amines) is 1. The molecular weight excluding hydrogens is 202 g/mol. The van der Waals surface area contributed by atoms with E-state index < -0.39 is 0 Å². The highest BCUT2D eigenvalue weighted by Crippen LogP contribution is 2.30. The summed E-state index contributed by atoms with van der Waals surface area (Å²) in [5, 5.41) is 2.95. The predicted molar refractivity (Wildman–Crippen MR) is 65.5 cm³/mol. The molecule has 2 aliphatic rings. The van der Waals surface area contributed by atoms with Crippen molar-refractivity contribution in [3.63, 3.8) is 0 Å². The number of hydrogen-bond acceptors (Lipinski definition) is 4. The quantitative estimate of drug-likeness (QED) is 0.528. The van der Waals surface area contributed by atoms with Crippen molar-refractivity contribution in [1.29, 1.82) is 0 Å². The van der Waals surface area contributed by atoms with Crippen LogP contribution in [0.4, 0.5) is 0 Å². The SMILES string of the molecule is CC(C)N1CC2CCC(C1)N2CCCN=O. The summed E-state index contributed by atoms with van der Waals surface area (Å²) in [5.74, 6) is 0. The monoisotopic (exact) mass is 225 g/mol. The van der Waals surface area contributed by atoms with Crippen LogP contribution < -0.4 is 0 Å². The molecule has 2 bridgehead atoms. The zero-order valence-electron chi connectivity index (χ0n) is 10.4. The van der Waals surface area contributed by atoms with Crippen LogP contribution in [0, 0.1) is 4.91 Å². The standard InChI is InChI=1S/C12H23N3O/c1-10(2)14-8-11-4-5-12(9-14)15(11)7-3-6-13-16/h10-12H,3-9H2,1-2H3. The first-order valence-electron chi connectivity index (χ1n) is 6.51. The first-order valence-corrected chi connectivity index (χ1v) is 6.51. The highest BCUT2D eigenvalue weighted by atomic mass is 16.3. The van der Waals surface area contributed by atoms with E-state index in [1.165, 1.54) is 25.9 Å². The van der Waals surface area contributed by atoms with E-state index in [1.807, 2.05) is 0 Å². The molecule has 2 atom stereocenters. The molecule has 2 heterocycles. The lowest BCUT2D eigenvalue weighted by Crippen LogP contribution is -2.55. The number of nitrogens with zero attached hydrogens (tertiary/aromatic N) is 3. The summed E-state index contributed by atoms with van der Waals surface area (Å²) in [7, 11) is 0. The van der Waals surface area contributed by atoms with Crippen molar-refractivity contribution in [2.75, 3.05) is 26.2 Å². The zero-order chi connectivity index (χ0) is 11.5. The molecule has 2 saturated heterocycles. The van der Waals surface area contributed by atoms with Crippen LogP contribution in [0.1, 0.15) is 33.1 Å². The number of nitroso groups, excluding NO2 is 1. The maximum Gasteiger partial charge on any atom is 0.0823 e. The van der Waals surface area contributed by atoms with E-state index in [0.717, 1.165) is 25.0 Å². The molecule has 4 nitrogen and oxygen atoms in total. The Morgan fingerprint density at radius 3 is 2.38 bits per heavy atom. The van der Waals surface area contributed by atoms with Gasteiger partial charge in [0.2, 0.25) is 0 Å². The lowest BCUT2D eigenvalue weighted by atomic mass is 10.1. The average molecular weight is 225 g/mol. The Bertz CT molecular complexity index is 230. The summed E-state index contributed by atoms with van der Waals surface area (Å²) in [6.07, 6.45) is 3.60. The molecule has 2 aliphatic heterocycles. The van der Waals surface area contributed by atoms with Crippen LogP contribution in [0.25, 0.3) is 0 Å². The maximum atomic E-state index is 10.1. The molecule has 0 radical (unpaired) electrons. The third-order valence-electron chi connectivity index (χ3n) is 4.06. The van der Waals surface area contributed by atoms with Gasteiger partial charge < -0.3 is 0 Å². The van der Waals surface area contributed by atoms with Gasteiger partial charge in [0.25, 0.3) is 0 Å². The van der Waals surface area contributed by atoms with Crippen LogP contribution in [0.5, 0.6) is 0 Å². The van der Waals surface area contributed by atoms with Crippen LogP contribution in [0.2, 0.25) is 0 Å². The van der Waals surface area contributed by atoms with Crippen molar-refractivity contribution >= 4 is 0 Å². The summed E-state index contributed by atoms with van der Waals surface area (Å²) in [5.41, 5.74) is 0. The second kappa shape index (κ2) is 5.23. The van der Waals surface area contributed by atoms with Gasteiger partial charge >= 0.3 is 0 Å². The summed E-state index contributed by atoms with van der Waals surface area (Å²) in [6, 6.07) is 2.13. The summed E-state index contributed by atoms with van der Waals surface area (Å²) >= 11 is 0. The molecule has 2 unspecified atom stereocenters. The van der Waals surface area contributed by atoms with Crippen molar-refractivity contribution in [1.82, 2.24) is 9.80 Å². The molecule has 92 valence electrons. The van der Waals surface area contributed by atoms with Gasteiger partial charge in [-0.3, -0.25) is 9.80 Å². The van der Waals surface area contributed by atoms with Gasteiger partial charge in [0.1, 0.15) is 0 Å². The molecule has 0 aromatic carbocycles. The molecule has 0 spiro atoms. The normalized spacial score (nSPS) is 31.2. The fraction of sp³-hybridized carbons (Fsp3) is 1.00. The Morgan fingerprint density at radius 2 is 1.88 bits per heavy atom. The number of rotatable bonds is 5. The predicted octanol–water partition coefficient (Wildman–Crippen LogP) is 1.70. The topological polar surface area (TPSA) is 35.9 Å². The average Bonchev–Trinajstić information content (AvgIpc) is 2.50. The Kier molecular flexibility index (Phi) is 3.92. The molecule has 0 aromatic rings. The third kappa shape index (κ3) is 2.43. The van der Waals surface area contributed by atoms with E-state index >= 15 is 0 Å². The maximum absolute atomic E-state index is 10.1. The smallest absolute Gasteiger partial charge is 0.0823 e. The largest absolute Gasteiger partial charge is 0.298 e. The van der Waals surface area contributed by atoms with Crippen LogP contribution in [-0.4, -0.2) is 54.1 Å². The second-order valence-electron chi connectivity index (χ2n) is 5.38. The van der Waals surface area contributed by atoms with Gasteiger partial charge in [0, 0.05) is 37.8 Å². The first-order chi connectivity index (χ1) is 7.72.